The second kappa shape index (κ2) is 7.44. The molecule has 1 aromatic heterocycles. The molecule has 0 radical (unpaired) electrons. The van der Waals surface area contributed by atoms with Crippen molar-refractivity contribution in [2.24, 2.45) is 5.10 Å². The van der Waals surface area contributed by atoms with Crippen LogP contribution >= 0.6 is 0 Å². The van der Waals surface area contributed by atoms with E-state index in [0.717, 1.165) is 18.8 Å². The summed E-state index contributed by atoms with van der Waals surface area (Å²) in [5.74, 6) is 0.399. The molecule has 0 saturated heterocycles. The number of rotatable bonds is 6. The Morgan fingerprint density at radius 3 is 2.70 bits per heavy atom. The van der Waals surface area contributed by atoms with Gasteiger partial charge in [-0.1, -0.05) is 0 Å². The average molecular weight is 315 g/mol. The van der Waals surface area contributed by atoms with E-state index in [9.17, 15) is 9.90 Å². The van der Waals surface area contributed by atoms with Crippen LogP contribution in [0.3, 0.4) is 0 Å². The van der Waals surface area contributed by atoms with Crippen molar-refractivity contribution in [3.63, 3.8) is 0 Å². The van der Waals surface area contributed by atoms with Crippen LogP contribution in [0.5, 0.6) is 5.75 Å². The minimum Gasteiger partial charge on any atom is -0.507 e. The Balaban J connectivity index is 2.12. The van der Waals surface area contributed by atoms with E-state index >= 15 is 0 Å². The number of hydrazone groups is 1. The van der Waals surface area contributed by atoms with Crippen LogP contribution in [-0.2, 0) is 0 Å². The molecule has 0 amide bonds. The highest BCUT2D eigenvalue weighted by Crippen LogP contribution is 2.23. The molecule has 0 aliphatic rings. The maximum atomic E-state index is 11.3. The molecule has 1 heterocycles. The molecule has 2 aromatic rings. The van der Waals surface area contributed by atoms with Gasteiger partial charge in [0.25, 0.3) is 5.56 Å². The predicted molar refractivity (Wildman–Crippen MR) is 92.5 cm³/mol. The first-order valence-corrected chi connectivity index (χ1v) is 7.48. The number of phenols is 1. The van der Waals surface area contributed by atoms with Gasteiger partial charge in [0, 0.05) is 42.2 Å². The quantitative estimate of drug-likeness (QED) is 0.560. The molecule has 3 N–H and O–H groups in total. The Hall–Kier alpha value is -2.83. The number of nitrogens with one attached hydrogen (secondary N) is 2. The molecule has 0 atom stereocenters. The van der Waals surface area contributed by atoms with E-state index in [2.05, 4.69) is 39.2 Å². The highest BCUT2D eigenvalue weighted by Gasteiger charge is 2.05. The first kappa shape index (κ1) is 16.5. The topological polar surface area (TPSA) is 93.6 Å². The molecule has 0 saturated carbocycles. The third-order valence-electron chi connectivity index (χ3n) is 3.39. The van der Waals surface area contributed by atoms with Gasteiger partial charge in [0.1, 0.15) is 5.75 Å². The van der Waals surface area contributed by atoms with Crippen LogP contribution in [0.15, 0.2) is 34.2 Å². The molecule has 23 heavy (non-hydrogen) atoms. The van der Waals surface area contributed by atoms with Gasteiger partial charge in [-0.15, -0.1) is 0 Å². The Labute approximate surface area is 134 Å². The second-order valence-electron chi connectivity index (χ2n) is 5.02. The van der Waals surface area contributed by atoms with Crippen molar-refractivity contribution in [2.75, 3.05) is 23.4 Å². The van der Waals surface area contributed by atoms with Crippen LogP contribution in [0.2, 0.25) is 0 Å². The average Bonchev–Trinajstić information content (AvgIpc) is 2.49. The zero-order chi connectivity index (χ0) is 16.8. The molecule has 0 aliphatic heterocycles. The number of hydrogen-bond acceptors (Lipinski definition) is 6. The van der Waals surface area contributed by atoms with Gasteiger partial charge in [0.2, 0.25) is 5.95 Å². The summed E-state index contributed by atoms with van der Waals surface area (Å²) in [7, 11) is 0. The molecule has 2 rings (SSSR count). The summed E-state index contributed by atoms with van der Waals surface area (Å²) in [4.78, 5) is 20.1. The summed E-state index contributed by atoms with van der Waals surface area (Å²) >= 11 is 0. The van der Waals surface area contributed by atoms with Crippen LogP contribution < -0.4 is 15.9 Å². The second-order valence-corrected chi connectivity index (χ2v) is 5.02. The molecular weight excluding hydrogens is 294 g/mol. The minimum atomic E-state index is -0.248. The summed E-state index contributed by atoms with van der Waals surface area (Å²) in [5, 5.41) is 14.1. The lowest BCUT2D eigenvalue weighted by Gasteiger charge is -2.21. The van der Waals surface area contributed by atoms with Crippen LogP contribution in [0.4, 0.5) is 11.6 Å². The third-order valence-corrected chi connectivity index (χ3v) is 3.39. The number of aryl methyl sites for hydroxylation is 1. The third kappa shape index (κ3) is 4.32. The van der Waals surface area contributed by atoms with Gasteiger partial charge in [-0.3, -0.25) is 9.78 Å². The standard InChI is InChI=1S/C16H21N5O2/c1-4-21(5-2)13-7-6-12(14(22)9-13)10-17-20-16-18-11(3)8-15(23)19-16/h6-10,22H,4-5H2,1-3H3,(H2,18,19,20,23)/b17-10+. The van der Waals surface area contributed by atoms with Crippen LogP contribution in [-0.4, -0.2) is 34.4 Å². The maximum absolute atomic E-state index is 11.3. The molecule has 0 unspecified atom stereocenters. The van der Waals surface area contributed by atoms with Crippen molar-refractivity contribution >= 4 is 17.9 Å². The fourth-order valence-electron chi connectivity index (χ4n) is 2.22. The fraction of sp³-hybridized carbons (Fsp3) is 0.312. The number of aromatic amines is 1. The van der Waals surface area contributed by atoms with Crippen molar-refractivity contribution in [1.29, 1.82) is 0 Å². The first-order valence-electron chi connectivity index (χ1n) is 7.48. The van der Waals surface area contributed by atoms with Crippen molar-refractivity contribution < 1.29 is 5.11 Å². The van der Waals surface area contributed by atoms with Crippen LogP contribution in [0.25, 0.3) is 0 Å². The van der Waals surface area contributed by atoms with Gasteiger partial charge in [-0.2, -0.15) is 5.10 Å². The van der Waals surface area contributed by atoms with Gasteiger partial charge in [-0.25, -0.2) is 10.4 Å². The minimum absolute atomic E-state index is 0.144. The molecule has 0 spiro atoms. The number of nitrogens with zero attached hydrogens (tertiary/aromatic N) is 3. The largest absolute Gasteiger partial charge is 0.507 e. The predicted octanol–water partition coefficient (Wildman–Crippen LogP) is 2.08. The van der Waals surface area contributed by atoms with E-state index in [4.69, 9.17) is 0 Å². The van der Waals surface area contributed by atoms with Crippen molar-refractivity contribution in [2.45, 2.75) is 20.8 Å². The molecule has 7 nitrogen and oxygen atoms in total. The van der Waals surface area contributed by atoms with Gasteiger partial charge in [0.15, 0.2) is 0 Å². The number of benzene rings is 1. The van der Waals surface area contributed by atoms with Crippen molar-refractivity contribution in [3.8, 4) is 5.75 Å². The molecule has 0 fully saturated rings. The van der Waals surface area contributed by atoms with Crippen LogP contribution in [0.1, 0.15) is 25.1 Å². The molecular formula is C16H21N5O2. The normalized spacial score (nSPS) is 10.9. The first-order chi connectivity index (χ1) is 11.0. The van der Waals surface area contributed by atoms with Gasteiger partial charge in [-0.05, 0) is 32.9 Å². The Kier molecular flexibility index (Phi) is 5.35. The van der Waals surface area contributed by atoms with E-state index in [-0.39, 0.29) is 17.3 Å². The van der Waals surface area contributed by atoms with Crippen LogP contribution in [0, 0.1) is 6.92 Å². The summed E-state index contributed by atoms with van der Waals surface area (Å²) in [6, 6.07) is 6.83. The molecule has 1 aromatic carbocycles. The summed E-state index contributed by atoms with van der Waals surface area (Å²) in [6.45, 7) is 7.60. The van der Waals surface area contributed by atoms with E-state index < -0.39 is 0 Å². The highest BCUT2D eigenvalue weighted by atomic mass is 16.3. The van der Waals surface area contributed by atoms with Gasteiger partial charge < -0.3 is 10.0 Å². The lowest BCUT2D eigenvalue weighted by Crippen LogP contribution is -2.21. The summed E-state index contributed by atoms with van der Waals surface area (Å²) in [6.07, 6.45) is 1.48. The monoisotopic (exact) mass is 315 g/mol. The lowest BCUT2D eigenvalue weighted by atomic mass is 10.2. The number of aromatic hydroxyl groups is 1. The molecule has 122 valence electrons. The molecule has 0 bridgehead atoms. The maximum Gasteiger partial charge on any atom is 0.252 e. The van der Waals surface area contributed by atoms with E-state index in [1.807, 2.05) is 6.07 Å². The van der Waals surface area contributed by atoms with E-state index in [1.54, 1.807) is 19.1 Å². The van der Waals surface area contributed by atoms with Gasteiger partial charge >= 0.3 is 0 Å². The zero-order valence-corrected chi connectivity index (χ0v) is 13.5. The zero-order valence-electron chi connectivity index (χ0n) is 13.5. The van der Waals surface area contributed by atoms with Crippen molar-refractivity contribution in [3.05, 3.63) is 45.9 Å². The highest BCUT2D eigenvalue weighted by molar-refractivity contribution is 5.84. The Bertz CT molecular complexity index is 750. The number of anilines is 2. The number of H-pyrrole nitrogens is 1. The molecule has 7 heteroatoms. The smallest absolute Gasteiger partial charge is 0.252 e. The number of aromatic nitrogens is 2. The summed E-state index contributed by atoms with van der Waals surface area (Å²) < 4.78 is 0. The Morgan fingerprint density at radius 1 is 1.35 bits per heavy atom. The lowest BCUT2D eigenvalue weighted by molar-refractivity contribution is 0.474. The van der Waals surface area contributed by atoms with Crippen molar-refractivity contribution in [1.82, 2.24) is 9.97 Å². The Morgan fingerprint density at radius 2 is 2.09 bits per heavy atom. The number of phenolic OH excluding ortho intramolecular Hbond substituents is 1. The fourth-order valence-corrected chi connectivity index (χ4v) is 2.22. The van der Waals surface area contributed by atoms with E-state index in [0.29, 0.717) is 11.3 Å². The molecule has 0 aliphatic carbocycles. The SMILES string of the molecule is CCN(CC)c1ccc(/C=N/Nc2nc(C)cc(=O)[nH]2)c(O)c1. The van der Waals surface area contributed by atoms with Gasteiger partial charge in [0.05, 0.1) is 6.21 Å². The van der Waals surface area contributed by atoms with E-state index in [1.165, 1.54) is 12.3 Å². The number of hydrogen-bond donors (Lipinski definition) is 3. The summed E-state index contributed by atoms with van der Waals surface area (Å²) in [5.41, 5.74) is 4.52.